The molecule has 0 heterocycles. The molecule has 3 N–H and O–H groups in total. The van der Waals surface area contributed by atoms with Crippen LogP contribution in [0.15, 0.2) is 23.1 Å². The average Bonchev–Trinajstić information content (AvgIpc) is 3.02. The summed E-state index contributed by atoms with van der Waals surface area (Å²) in [6.45, 7) is 1.52. The summed E-state index contributed by atoms with van der Waals surface area (Å²) in [4.78, 5) is -0.0703. The molecule has 1 aromatic carbocycles. The molecule has 0 unspecified atom stereocenters. The summed E-state index contributed by atoms with van der Waals surface area (Å²) in [5, 5.41) is 5.08. The maximum atomic E-state index is 11.9. The van der Waals surface area contributed by atoms with Crippen LogP contribution in [0.1, 0.15) is 18.4 Å². The fourth-order valence-electron chi connectivity index (χ4n) is 1.84. The van der Waals surface area contributed by atoms with E-state index in [9.17, 15) is 16.8 Å². The molecule has 1 aliphatic carbocycles. The molecule has 8 heteroatoms. The molecule has 1 aliphatic rings. The van der Waals surface area contributed by atoms with E-state index in [1.165, 1.54) is 25.1 Å². The topological polar surface area (TPSA) is 106 Å². The Hall–Kier alpha value is -1.12. The lowest BCUT2D eigenvalue weighted by molar-refractivity contribution is 0.594. The van der Waals surface area contributed by atoms with E-state index in [1.54, 1.807) is 0 Å². The standard InChI is InChI=1S/C11H16N2O4S2/c1-8-10(3-2-4-11(8)19(12,16)17)13-18(14,15)7-9-5-6-9/h2-4,9,13H,5-7H2,1H3,(H2,12,16,17). The summed E-state index contributed by atoms with van der Waals surface area (Å²) in [7, 11) is -7.30. The molecule has 0 amide bonds. The highest BCUT2D eigenvalue weighted by Crippen LogP contribution is 2.31. The van der Waals surface area contributed by atoms with E-state index >= 15 is 0 Å². The Labute approximate surface area is 113 Å². The summed E-state index contributed by atoms with van der Waals surface area (Å²) in [6.07, 6.45) is 1.86. The van der Waals surface area contributed by atoms with Gasteiger partial charge in [0.05, 0.1) is 16.3 Å². The maximum absolute atomic E-state index is 11.9. The first-order valence-electron chi connectivity index (χ1n) is 5.82. The van der Waals surface area contributed by atoms with E-state index in [-0.39, 0.29) is 22.3 Å². The van der Waals surface area contributed by atoms with Gasteiger partial charge < -0.3 is 0 Å². The van der Waals surface area contributed by atoms with Gasteiger partial charge in [-0.15, -0.1) is 0 Å². The third-order valence-corrected chi connectivity index (χ3v) is 5.50. The zero-order valence-corrected chi connectivity index (χ0v) is 12.1. The fourth-order valence-corrected chi connectivity index (χ4v) is 4.24. The Morgan fingerprint density at radius 3 is 2.42 bits per heavy atom. The second-order valence-corrected chi connectivity index (χ2v) is 8.10. The third-order valence-electron chi connectivity index (χ3n) is 3.01. The fraction of sp³-hybridized carbons (Fsp3) is 0.455. The van der Waals surface area contributed by atoms with Crippen molar-refractivity contribution in [2.45, 2.75) is 24.7 Å². The van der Waals surface area contributed by atoms with Crippen LogP contribution in [0.4, 0.5) is 5.69 Å². The lowest BCUT2D eigenvalue weighted by atomic mass is 10.2. The van der Waals surface area contributed by atoms with Gasteiger partial charge in [-0.2, -0.15) is 0 Å². The highest BCUT2D eigenvalue weighted by Gasteiger charge is 2.28. The van der Waals surface area contributed by atoms with E-state index < -0.39 is 20.0 Å². The summed E-state index contributed by atoms with van der Waals surface area (Å²) in [5.74, 6) is 0.297. The van der Waals surface area contributed by atoms with Gasteiger partial charge in [-0.05, 0) is 43.4 Å². The lowest BCUT2D eigenvalue weighted by Gasteiger charge is -2.12. The van der Waals surface area contributed by atoms with E-state index in [0.717, 1.165) is 12.8 Å². The monoisotopic (exact) mass is 304 g/mol. The van der Waals surface area contributed by atoms with Crippen LogP contribution >= 0.6 is 0 Å². The van der Waals surface area contributed by atoms with Crippen LogP contribution < -0.4 is 9.86 Å². The second kappa shape index (κ2) is 4.77. The molecule has 0 bridgehead atoms. The largest absolute Gasteiger partial charge is 0.283 e. The van der Waals surface area contributed by atoms with E-state index in [0.29, 0.717) is 5.56 Å². The Morgan fingerprint density at radius 1 is 1.26 bits per heavy atom. The number of benzene rings is 1. The van der Waals surface area contributed by atoms with E-state index in [4.69, 9.17) is 5.14 Å². The lowest BCUT2D eigenvalue weighted by Crippen LogP contribution is -2.20. The van der Waals surface area contributed by atoms with Crippen LogP contribution in [0.3, 0.4) is 0 Å². The Balaban J connectivity index is 2.31. The quantitative estimate of drug-likeness (QED) is 0.838. The van der Waals surface area contributed by atoms with Gasteiger partial charge in [-0.3, -0.25) is 4.72 Å². The SMILES string of the molecule is Cc1c(NS(=O)(=O)CC2CC2)cccc1S(N)(=O)=O. The molecule has 1 fully saturated rings. The van der Waals surface area contributed by atoms with Crippen molar-refractivity contribution in [1.82, 2.24) is 0 Å². The zero-order chi connectivity index (χ0) is 14.3. The molecule has 1 aromatic rings. The number of nitrogens with one attached hydrogen (secondary N) is 1. The smallest absolute Gasteiger partial charge is 0.238 e. The zero-order valence-electron chi connectivity index (χ0n) is 10.5. The van der Waals surface area contributed by atoms with Crippen molar-refractivity contribution in [2.24, 2.45) is 11.1 Å². The molecule has 0 radical (unpaired) electrons. The van der Waals surface area contributed by atoms with Crippen molar-refractivity contribution in [3.05, 3.63) is 23.8 Å². The molecule has 6 nitrogen and oxygen atoms in total. The number of hydrogen-bond acceptors (Lipinski definition) is 4. The first kappa shape index (κ1) is 14.3. The van der Waals surface area contributed by atoms with Crippen molar-refractivity contribution in [3.8, 4) is 0 Å². The van der Waals surface area contributed by atoms with E-state index in [2.05, 4.69) is 4.72 Å². The highest BCUT2D eigenvalue weighted by molar-refractivity contribution is 7.92. The van der Waals surface area contributed by atoms with Crippen LogP contribution in [0.2, 0.25) is 0 Å². The summed E-state index contributed by atoms with van der Waals surface area (Å²) < 4.78 is 48.9. The molecule has 19 heavy (non-hydrogen) atoms. The van der Waals surface area contributed by atoms with Crippen LogP contribution in [0.5, 0.6) is 0 Å². The Kier molecular flexibility index (Phi) is 3.59. The normalized spacial score (nSPS) is 16.3. The molecule has 0 aromatic heterocycles. The molecule has 1 saturated carbocycles. The predicted octanol–water partition coefficient (Wildman–Crippen LogP) is 0.794. The highest BCUT2D eigenvalue weighted by atomic mass is 32.2. The molecule has 0 spiro atoms. The summed E-state index contributed by atoms with van der Waals surface area (Å²) in [5.41, 5.74) is 0.566. The first-order valence-corrected chi connectivity index (χ1v) is 9.02. The van der Waals surface area contributed by atoms with Gasteiger partial charge in [0.15, 0.2) is 0 Å². The van der Waals surface area contributed by atoms with Crippen molar-refractivity contribution in [2.75, 3.05) is 10.5 Å². The van der Waals surface area contributed by atoms with Gasteiger partial charge in [0.1, 0.15) is 0 Å². The van der Waals surface area contributed by atoms with Gasteiger partial charge >= 0.3 is 0 Å². The van der Waals surface area contributed by atoms with Crippen LogP contribution in [-0.2, 0) is 20.0 Å². The third kappa shape index (κ3) is 3.68. The number of primary sulfonamides is 1. The first-order chi connectivity index (χ1) is 8.69. The number of nitrogens with two attached hydrogens (primary N) is 1. The maximum Gasteiger partial charge on any atom is 0.238 e. The number of sulfonamides is 2. The number of hydrogen-bond donors (Lipinski definition) is 2. The molecule has 2 rings (SSSR count). The Bertz CT molecular complexity index is 691. The molecular weight excluding hydrogens is 288 g/mol. The minimum absolute atomic E-state index is 0.0703. The van der Waals surface area contributed by atoms with Crippen molar-refractivity contribution >= 4 is 25.7 Å². The van der Waals surface area contributed by atoms with Gasteiger partial charge in [-0.1, -0.05) is 6.07 Å². The van der Waals surface area contributed by atoms with Gasteiger partial charge in [0.25, 0.3) is 0 Å². The van der Waals surface area contributed by atoms with Crippen molar-refractivity contribution in [3.63, 3.8) is 0 Å². The van der Waals surface area contributed by atoms with Crippen LogP contribution in [0.25, 0.3) is 0 Å². The second-order valence-electron chi connectivity index (χ2n) is 4.80. The molecular formula is C11H16N2O4S2. The van der Waals surface area contributed by atoms with Gasteiger partial charge in [-0.25, -0.2) is 22.0 Å². The number of rotatable bonds is 5. The van der Waals surface area contributed by atoms with Crippen molar-refractivity contribution < 1.29 is 16.8 Å². The average molecular weight is 304 g/mol. The van der Waals surface area contributed by atoms with Crippen LogP contribution in [-0.4, -0.2) is 22.6 Å². The molecule has 0 saturated heterocycles. The van der Waals surface area contributed by atoms with Gasteiger partial charge in [0, 0.05) is 0 Å². The Morgan fingerprint density at radius 2 is 1.89 bits per heavy atom. The molecule has 0 aliphatic heterocycles. The number of anilines is 1. The predicted molar refractivity (Wildman–Crippen MR) is 72.7 cm³/mol. The minimum Gasteiger partial charge on any atom is -0.283 e. The summed E-state index contributed by atoms with van der Waals surface area (Å²) in [6, 6.07) is 4.33. The molecule has 106 valence electrons. The minimum atomic E-state index is -3.86. The van der Waals surface area contributed by atoms with Crippen molar-refractivity contribution in [1.29, 1.82) is 0 Å². The summed E-state index contributed by atoms with van der Waals surface area (Å²) >= 11 is 0. The van der Waals surface area contributed by atoms with E-state index in [1.807, 2.05) is 0 Å². The van der Waals surface area contributed by atoms with Crippen LogP contribution in [0, 0.1) is 12.8 Å². The molecule has 0 atom stereocenters. The van der Waals surface area contributed by atoms with Gasteiger partial charge in [0.2, 0.25) is 20.0 Å².